The zero-order valence-electron chi connectivity index (χ0n) is 12.6. The van der Waals surface area contributed by atoms with Crippen molar-refractivity contribution < 1.29 is 14.5 Å². The molecule has 0 bridgehead atoms. The van der Waals surface area contributed by atoms with Gasteiger partial charge in [-0.3, -0.25) is 0 Å². The van der Waals surface area contributed by atoms with Crippen LogP contribution in [-0.2, 0) is 4.84 Å². The fraction of sp³-hybridized carbons (Fsp3) is 0.438. The zero-order valence-corrected chi connectivity index (χ0v) is 12.6. The Morgan fingerprint density at radius 3 is 2.85 bits per heavy atom. The second kappa shape index (κ2) is 6.09. The maximum Gasteiger partial charge on any atom is 0.362 e. The van der Waals surface area contributed by atoms with Gasteiger partial charge in [-0.05, 0) is 32.1 Å². The number of carbonyl (C=O) groups is 1. The highest BCUT2D eigenvalue weighted by molar-refractivity contribution is 5.89. The fourth-order valence-electron chi connectivity index (χ4n) is 2.43. The molecule has 0 saturated heterocycles. The molecule has 108 valence electrons. The molecule has 1 aliphatic heterocycles. The maximum absolute atomic E-state index is 12.0. The molecule has 1 aromatic rings. The van der Waals surface area contributed by atoms with E-state index in [0.29, 0.717) is 17.5 Å². The van der Waals surface area contributed by atoms with Crippen LogP contribution < -0.4 is 10.4 Å². The molecule has 1 heterocycles. The Kier molecular flexibility index (Phi) is 4.45. The lowest BCUT2D eigenvalue weighted by Gasteiger charge is -2.30. The lowest BCUT2D eigenvalue weighted by Crippen LogP contribution is -3.13. The second-order valence-electron chi connectivity index (χ2n) is 5.72. The molecule has 1 aromatic carbocycles. The highest BCUT2D eigenvalue weighted by Crippen LogP contribution is 2.11. The van der Waals surface area contributed by atoms with Gasteiger partial charge >= 0.3 is 5.97 Å². The molecule has 2 N–H and O–H groups in total. The first-order valence-corrected chi connectivity index (χ1v) is 7.05. The molecule has 4 heteroatoms. The summed E-state index contributed by atoms with van der Waals surface area (Å²) in [6.07, 6.45) is 2.13. The number of hydrogen-bond acceptors (Lipinski definition) is 3. The number of hydroxylamine groups is 1. The Balaban J connectivity index is 1.98. The van der Waals surface area contributed by atoms with Gasteiger partial charge in [-0.1, -0.05) is 24.6 Å². The number of aryl methyl sites for hydroxylation is 1. The minimum absolute atomic E-state index is 0.347. The number of rotatable bonds is 3. The summed E-state index contributed by atoms with van der Waals surface area (Å²) in [4.78, 5) is 18.7. The van der Waals surface area contributed by atoms with Gasteiger partial charge < -0.3 is 9.74 Å². The molecule has 0 radical (unpaired) electrons. The topological polar surface area (TPSA) is 42.8 Å². The summed E-state index contributed by atoms with van der Waals surface area (Å²) in [5.41, 5.74) is 5.44. The normalized spacial score (nSPS) is 25.8. The second-order valence-corrected chi connectivity index (χ2v) is 5.72. The number of carbonyl (C=O) groups excluding carboxylic acids is 1. The molecule has 0 saturated carbocycles. The third kappa shape index (κ3) is 3.39. The summed E-state index contributed by atoms with van der Waals surface area (Å²) < 4.78 is 0. The lowest BCUT2D eigenvalue weighted by atomic mass is 10.0. The van der Waals surface area contributed by atoms with Crippen molar-refractivity contribution in [2.24, 2.45) is 5.92 Å². The monoisotopic (exact) mass is 275 g/mol. The first-order valence-electron chi connectivity index (χ1n) is 7.05. The number of nitrogens with one attached hydrogen (secondary N) is 2. The quantitative estimate of drug-likeness (QED) is 0.812. The molecule has 20 heavy (non-hydrogen) atoms. The van der Waals surface area contributed by atoms with Crippen LogP contribution in [0.15, 0.2) is 36.0 Å². The van der Waals surface area contributed by atoms with Crippen LogP contribution in [0, 0.1) is 12.8 Å². The SMILES string of the molecule is Cc1cccc(C(=O)ONC2=CC(C)[NH+](C)CC2C)c1. The highest BCUT2D eigenvalue weighted by atomic mass is 16.7. The molecule has 0 spiro atoms. The van der Waals surface area contributed by atoms with E-state index in [4.69, 9.17) is 4.84 Å². The molecular weight excluding hydrogens is 252 g/mol. The molecule has 0 aliphatic carbocycles. The molecular formula is C16H23N2O2+. The molecule has 0 aromatic heterocycles. The molecule has 3 unspecified atom stereocenters. The number of benzene rings is 1. The molecule has 2 rings (SSSR count). The number of hydrogen-bond donors (Lipinski definition) is 2. The lowest BCUT2D eigenvalue weighted by molar-refractivity contribution is -0.901. The van der Waals surface area contributed by atoms with Gasteiger partial charge in [-0.15, -0.1) is 0 Å². The van der Waals surface area contributed by atoms with E-state index in [1.54, 1.807) is 6.07 Å². The average Bonchev–Trinajstić information content (AvgIpc) is 2.41. The van der Waals surface area contributed by atoms with E-state index in [9.17, 15) is 4.79 Å². The van der Waals surface area contributed by atoms with Crippen molar-refractivity contribution in [1.82, 2.24) is 5.48 Å². The Labute approximate surface area is 120 Å². The summed E-state index contributed by atoms with van der Waals surface area (Å²) in [5, 5.41) is 0. The maximum atomic E-state index is 12.0. The fourth-order valence-corrected chi connectivity index (χ4v) is 2.43. The predicted molar refractivity (Wildman–Crippen MR) is 78.2 cm³/mol. The third-order valence-corrected chi connectivity index (χ3v) is 3.88. The first kappa shape index (κ1) is 14.6. The Morgan fingerprint density at radius 1 is 1.40 bits per heavy atom. The predicted octanol–water partition coefficient (Wildman–Crippen LogP) is 1.09. The standard InChI is InChI=1S/C16H22N2O2/c1-11-6-5-7-14(8-11)16(19)20-17-15-9-13(3)18(4)10-12(15)2/h5-9,12-13,17H,10H2,1-4H3/p+1. The van der Waals surface area contributed by atoms with Crippen LogP contribution >= 0.6 is 0 Å². The van der Waals surface area contributed by atoms with Gasteiger partial charge in [0.05, 0.1) is 24.9 Å². The molecule has 0 fully saturated rings. The van der Waals surface area contributed by atoms with Crippen molar-refractivity contribution in [3.63, 3.8) is 0 Å². The smallest absolute Gasteiger partial charge is 0.338 e. The van der Waals surface area contributed by atoms with E-state index in [1.807, 2.05) is 25.1 Å². The van der Waals surface area contributed by atoms with Gasteiger partial charge in [0.2, 0.25) is 0 Å². The number of quaternary nitrogens is 1. The minimum Gasteiger partial charge on any atom is -0.338 e. The summed E-state index contributed by atoms with van der Waals surface area (Å²) in [6, 6.07) is 7.82. The van der Waals surface area contributed by atoms with E-state index in [-0.39, 0.29) is 5.97 Å². The van der Waals surface area contributed by atoms with Crippen LogP contribution in [-0.4, -0.2) is 25.6 Å². The van der Waals surface area contributed by atoms with Crippen molar-refractivity contribution in [1.29, 1.82) is 0 Å². The van der Waals surface area contributed by atoms with Crippen LogP contribution in [0.2, 0.25) is 0 Å². The van der Waals surface area contributed by atoms with E-state index < -0.39 is 0 Å². The van der Waals surface area contributed by atoms with Gasteiger partial charge in [-0.25, -0.2) is 10.3 Å². The van der Waals surface area contributed by atoms with Gasteiger partial charge in [0, 0.05) is 5.92 Å². The van der Waals surface area contributed by atoms with E-state index in [1.165, 1.54) is 4.90 Å². The van der Waals surface area contributed by atoms with Crippen LogP contribution in [0.5, 0.6) is 0 Å². The molecule has 1 aliphatic rings. The van der Waals surface area contributed by atoms with E-state index in [0.717, 1.165) is 17.8 Å². The molecule has 0 amide bonds. The van der Waals surface area contributed by atoms with E-state index in [2.05, 4.69) is 32.5 Å². The summed E-state index contributed by atoms with van der Waals surface area (Å²) >= 11 is 0. The summed E-state index contributed by atoms with van der Waals surface area (Å²) in [6.45, 7) is 7.28. The molecule has 4 nitrogen and oxygen atoms in total. The largest absolute Gasteiger partial charge is 0.362 e. The van der Waals surface area contributed by atoms with Crippen LogP contribution in [0.25, 0.3) is 0 Å². The Morgan fingerprint density at radius 2 is 2.15 bits per heavy atom. The summed E-state index contributed by atoms with van der Waals surface area (Å²) in [5.74, 6) is 0.0113. The Bertz CT molecular complexity index is 525. The van der Waals surface area contributed by atoms with Gasteiger partial charge in [-0.2, -0.15) is 0 Å². The van der Waals surface area contributed by atoms with Gasteiger partial charge in [0.1, 0.15) is 6.04 Å². The third-order valence-electron chi connectivity index (χ3n) is 3.88. The average molecular weight is 275 g/mol. The minimum atomic E-state index is -0.347. The zero-order chi connectivity index (χ0) is 14.7. The van der Waals surface area contributed by atoms with Crippen molar-refractivity contribution in [2.45, 2.75) is 26.8 Å². The van der Waals surface area contributed by atoms with Gasteiger partial charge in [0.25, 0.3) is 0 Å². The molecule has 3 atom stereocenters. The van der Waals surface area contributed by atoms with Crippen molar-refractivity contribution >= 4 is 5.97 Å². The number of likely N-dealkylation sites (N-methyl/N-ethyl adjacent to an activating group) is 1. The van der Waals surface area contributed by atoms with Crippen molar-refractivity contribution in [2.75, 3.05) is 13.6 Å². The van der Waals surface area contributed by atoms with Gasteiger partial charge in [0.15, 0.2) is 0 Å². The van der Waals surface area contributed by atoms with Crippen molar-refractivity contribution in [3.8, 4) is 0 Å². The van der Waals surface area contributed by atoms with Crippen LogP contribution in [0.1, 0.15) is 29.8 Å². The summed E-state index contributed by atoms with van der Waals surface area (Å²) in [7, 11) is 2.17. The van der Waals surface area contributed by atoms with Crippen molar-refractivity contribution in [3.05, 3.63) is 47.2 Å². The first-order chi connectivity index (χ1) is 9.47. The van der Waals surface area contributed by atoms with Crippen LogP contribution in [0.4, 0.5) is 0 Å². The van der Waals surface area contributed by atoms with Crippen LogP contribution in [0.3, 0.4) is 0 Å². The Hall–Kier alpha value is -1.81. The van der Waals surface area contributed by atoms with E-state index >= 15 is 0 Å². The highest BCUT2D eigenvalue weighted by Gasteiger charge is 2.25.